The molecule has 1 N–H and O–H groups in total. The van der Waals surface area contributed by atoms with Crippen LogP contribution in [-0.4, -0.2) is 6.54 Å². The second-order valence-electron chi connectivity index (χ2n) is 4.58. The summed E-state index contributed by atoms with van der Waals surface area (Å²) in [5.74, 6) is 0.766. The zero-order valence-corrected chi connectivity index (χ0v) is 11.2. The molecule has 0 saturated heterocycles. The average Bonchev–Trinajstić information content (AvgIpc) is 2.63. The molecule has 0 radical (unpaired) electrons. The summed E-state index contributed by atoms with van der Waals surface area (Å²) in [7, 11) is 0. The highest BCUT2D eigenvalue weighted by Gasteiger charge is 2.15. The Balaban J connectivity index is 2.51. The number of rotatable bonds is 7. The molecule has 1 aromatic rings. The van der Waals surface area contributed by atoms with Crippen molar-refractivity contribution in [3.63, 3.8) is 0 Å². The number of nitrogens with one attached hydrogen (secondary N) is 1. The van der Waals surface area contributed by atoms with Crippen molar-refractivity contribution in [1.82, 2.24) is 5.32 Å². The third-order valence-electron chi connectivity index (χ3n) is 2.75. The van der Waals surface area contributed by atoms with Gasteiger partial charge in [0.05, 0.1) is 6.26 Å². The molecule has 92 valence electrons. The molecule has 0 bridgehead atoms. The van der Waals surface area contributed by atoms with Crippen LogP contribution >= 0.6 is 11.6 Å². The van der Waals surface area contributed by atoms with E-state index >= 15 is 0 Å². The Morgan fingerprint density at radius 2 is 2.12 bits per heavy atom. The summed E-state index contributed by atoms with van der Waals surface area (Å²) in [5, 5.41) is 3.98. The van der Waals surface area contributed by atoms with Crippen molar-refractivity contribution in [2.24, 2.45) is 5.92 Å². The minimum absolute atomic E-state index is 0.329. The Hall–Kier alpha value is -0.470. The molecule has 0 aliphatic heterocycles. The van der Waals surface area contributed by atoms with E-state index in [0.29, 0.717) is 11.3 Å². The van der Waals surface area contributed by atoms with Gasteiger partial charge in [-0.15, -0.1) is 0 Å². The Kier molecular flexibility index (Phi) is 5.93. The number of halogens is 1. The molecule has 1 unspecified atom stereocenters. The lowest BCUT2D eigenvalue weighted by molar-refractivity contribution is 0.451. The van der Waals surface area contributed by atoms with E-state index in [0.717, 1.165) is 24.4 Å². The van der Waals surface area contributed by atoms with Gasteiger partial charge in [0, 0.05) is 11.6 Å². The van der Waals surface area contributed by atoms with Crippen LogP contribution in [0.2, 0.25) is 5.22 Å². The maximum absolute atomic E-state index is 6.01. The standard InChI is InChI=1S/C13H22ClNO/c1-4-15-12(7-5-6-10(2)3)11-8-9-16-13(11)14/h8-10,12,15H,4-7H2,1-3H3. The second-order valence-corrected chi connectivity index (χ2v) is 4.93. The maximum atomic E-state index is 6.01. The predicted molar refractivity (Wildman–Crippen MR) is 68.8 cm³/mol. The lowest BCUT2D eigenvalue weighted by atomic mass is 10.00. The Morgan fingerprint density at radius 3 is 2.62 bits per heavy atom. The van der Waals surface area contributed by atoms with E-state index in [9.17, 15) is 0 Å². The number of hydrogen-bond donors (Lipinski definition) is 1. The molecule has 0 spiro atoms. The second kappa shape index (κ2) is 6.97. The smallest absolute Gasteiger partial charge is 0.197 e. The van der Waals surface area contributed by atoms with Gasteiger partial charge in [-0.3, -0.25) is 0 Å². The molecule has 2 nitrogen and oxygen atoms in total. The molecular formula is C13H22ClNO. The quantitative estimate of drug-likeness (QED) is 0.768. The van der Waals surface area contributed by atoms with Crippen molar-refractivity contribution < 1.29 is 4.42 Å². The highest BCUT2D eigenvalue weighted by Crippen LogP contribution is 2.28. The minimum atomic E-state index is 0.329. The van der Waals surface area contributed by atoms with Crippen LogP contribution in [0.25, 0.3) is 0 Å². The van der Waals surface area contributed by atoms with Crippen LogP contribution in [-0.2, 0) is 0 Å². The first kappa shape index (κ1) is 13.6. The lowest BCUT2D eigenvalue weighted by Gasteiger charge is -2.17. The van der Waals surface area contributed by atoms with Gasteiger partial charge in [-0.05, 0) is 36.6 Å². The van der Waals surface area contributed by atoms with E-state index < -0.39 is 0 Å². The molecule has 0 aliphatic rings. The summed E-state index contributed by atoms with van der Waals surface area (Å²) in [6, 6.07) is 2.29. The Labute approximate surface area is 103 Å². The summed E-state index contributed by atoms with van der Waals surface area (Å²) in [5.41, 5.74) is 1.09. The summed E-state index contributed by atoms with van der Waals surface area (Å²) >= 11 is 6.01. The van der Waals surface area contributed by atoms with Crippen LogP contribution in [0.4, 0.5) is 0 Å². The molecule has 1 heterocycles. The highest BCUT2D eigenvalue weighted by atomic mass is 35.5. The fourth-order valence-electron chi connectivity index (χ4n) is 1.90. The molecule has 1 atom stereocenters. The average molecular weight is 244 g/mol. The predicted octanol–water partition coefficient (Wildman–Crippen LogP) is 4.41. The molecule has 16 heavy (non-hydrogen) atoms. The van der Waals surface area contributed by atoms with E-state index in [4.69, 9.17) is 16.0 Å². The first-order chi connectivity index (χ1) is 7.65. The van der Waals surface area contributed by atoms with Crippen LogP contribution in [0.1, 0.15) is 51.6 Å². The summed E-state index contributed by atoms with van der Waals surface area (Å²) in [6.07, 6.45) is 5.25. The summed E-state index contributed by atoms with van der Waals surface area (Å²) in [6.45, 7) is 7.58. The van der Waals surface area contributed by atoms with E-state index in [1.165, 1.54) is 12.8 Å². The van der Waals surface area contributed by atoms with Crippen LogP contribution in [0, 0.1) is 5.92 Å². The van der Waals surface area contributed by atoms with E-state index in [1.54, 1.807) is 6.26 Å². The van der Waals surface area contributed by atoms with Gasteiger partial charge >= 0.3 is 0 Å². The molecule has 3 heteroatoms. The van der Waals surface area contributed by atoms with Gasteiger partial charge < -0.3 is 9.73 Å². The highest BCUT2D eigenvalue weighted by molar-refractivity contribution is 6.29. The fraction of sp³-hybridized carbons (Fsp3) is 0.692. The zero-order valence-electron chi connectivity index (χ0n) is 10.4. The van der Waals surface area contributed by atoms with Gasteiger partial charge in [0.15, 0.2) is 5.22 Å². The summed E-state index contributed by atoms with van der Waals surface area (Å²) < 4.78 is 5.14. The van der Waals surface area contributed by atoms with Crippen molar-refractivity contribution in [3.05, 3.63) is 23.1 Å². The summed E-state index contributed by atoms with van der Waals surface area (Å²) in [4.78, 5) is 0. The molecule has 1 rings (SSSR count). The Morgan fingerprint density at radius 1 is 1.38 bits per heavy atom. The van der Waals surface area contributed by atoms with Gasteiger partial charge in [-0.1, -0.05) is 33.6 Å². The van der Waals surface area contributed by atoms with Crippen molar-refractivity contribution in [3.8, 4) is 0 Å². The first-order valence-corrected chi connectivity index (χ1v) is 6.49. The van der Waals surface area contributed by atoms with Gasteiger partial charge in [0.1, 0.15) is 0 Å². The lowest BCUT2D eigenvalue weighted by Crippen LogP contribution is -2.20. The van der Waals surface area contributed by atoms with Crippen molar-refractivity contribution >= 4 is 11.6 Å². The minimum Gasteiger partial charge on any atom is -0.453 e. The molecule has 1 aromatic heterocycles. The van der Waals surface area contributed by atoms with E-state index in [-0.39, 0.29) is 0 Å². The number of furan rings is 1. The van der Waals surface area contributed by atoms with E-state index in [1.807, 2.05) is 6.07 Å². The van der Waals surface area contributed by atoms with Crippen LogP contribution in [0.5, 0.6) is 0 Å². The molecule has 0 aliphatic carbocycles. The van der Waals surface area contributed by atoms with Crippen molar-refractivity contribution in [2.75, 3.05) is 6.54 Å². The Bertz CT molecular complexity index is 296. The monoisotopic (exact) mass is 243 g/mol. The molecule has 0 saturated carbocycles. The molecule has 0 fully saturated rings. The van der Waals surface area contributed by atoms with Crippen LogP contribution in [0.15, 0.2) is 16.7 Å². The molecular weight excluding hydrogens is 222 g/mol. The SMILES string of the molecule is CCNC(CCCC(C)C)c1ccoc1Cl. The zero-order chi connectivity index (χ0) is 12.0. The number of hydrogen-bond acceptors (Lipinski definition) is 2. The fourth-order valence-corrected chi connectivity index (χ4v) is 2.14. The van der Waals surface area contributed by atoms with Gasteiger partial charge in [-0.25, -0.2) is 0 Å². The molecule has 0 aromatic carbocycles. The third kappa shape index (κ3) is 4.18. The normalized spacial score (nSPS) is 13.3. The van der Waals surface area contributed by atoms with Crippen LogP contribution in [0.3, 0.4) is 0 Å². The largest absolute Gasteiger partial charge is 0.453 e. The van der Waals surface area contributed by atoms with Gasteiger partial charge in [-0.2, -0.15) is 0 Å². The van der Waals surface area contributed by atoms with Crippen LogP contribution < -0.4 is 5.32 Å². The first-order valence-electron chi connectivity index (χ1n) is 6.11. The van der Waals surface area contributed by atoms with Crippen molar-refractivity contribution in [2.45, 2.75) is 46.1 Å². The van der Waals surface area contributed by atoms with Gasteiger partial charge in [0.2, 0.25) is 0 Å². The van der Waals surface area contributed by atoms with Crippen molar-refractivity contribution in [1.29, 1.82) is 0 Å². The van der Waals surface area contributed by atoms with E-state index in [2.05, 4.69) is 26.1 Å². The maximum Gasteiger partial charge on any atom is 0.197 e. The molecule has 0 amide bonds. The topological polar surface area (TPSA) is 25.2 Å². The third-order valence-corrected chi connectivity index (χ3v) is 3.05. The van der Waals surface area contributed by atoms with Gasteiger partial charge in [0.25, 0.3) is 0 Å².